The summed E-state index contributed by atoms with van der Waals surface area (Å²) in [5.41, 5.74) is 2.08. The SMILES string of the molecule is Oc1ccc(-c2ccc(Br)c3cnc(Cl)cc23)cc1. The van der Waals surface area contributed by atoms with E-state index in [0.717, 1.165) is 26.4 Å². The number of hydrogen-bond acceptors (Lipinski definition) is 2. The fourth-order valence-corrected chi connectivity index (χ4v) is 2.68. The highest BCUT2D eigenvalue weighted by molar-refractivity contribution is 9.10. The summed E-state index contributed by atoms with van der Waals surface area (Å²) in [5.74, 6) is 0.255. The number of halogens is 2. The summed E-state index contributed by atoms with van der Waals surface area (Å²) >= 11 is 9.51. The van der Waals surface area contributed by atoms with Crippen LogP contribution in [0.5, 0.6) is 5.75 Å². The summed E-state index contributed by atoms with van der Waals surface area (Å²) in [4.78, 5) is 4.11. The first-order valence-corrected chi connectivity index (χ1v) is 6.85. The Balaban J connectivity index is 2.32. The molecule has 94 valence electrons. The third kappa shape index (κ3) is 2.31. The van der Waals surface area contributed by atoms with Gasteiger partial charge in [-0.1, -0.05) is 45.7 Å². The first-order chi connectivity index (χ1) is 9.15. The lowest BCUT2D eigenvalue weighted by Crippen LogP contribution is -1.85. The van der Waals surface area contributed by atoms with Gasteiger partial charge in [-0.15, -0.1) is 0 Å². The molecule has 3 rings (SSSR count). The van der Waals surface area contributed by atoms with Crippen molar-refractivity contribution in [3.05, 3.63) is 58.3 Å². The monoisotopic (exact) mass is 333 g/mol. The Morgan fingerprint density at radius 3 is 2.47 bits per heavy atom. The number of phenols is 1. The van der Waals surface area contributed by atoms with Crippen LogP contribution in [0.1, 0.15) is 0 Å². The smallest absolute Gasteiger partial charge is 0.129 e. The normalized spacial score (nSPS) is 10.8. The van der Waals surface area contributed by atoms with Crippen molar-refractivity contribution in [1.82, 2.24) is 4.98 Å². The van der Waals surface area contributed by atoms with E-state index in [2.05, 4.69) is 20.9 Å². The van der Waals surface area contributed by atoms with Gasteiger partial charge < -0.3 is 5.11 Å². The van der Waals surface area contributed by atoms with Gasteiger partial charge in [0.15, 0.2) is 0 Å². The average Bonchev–Trinajstić information content (AvgIpc) is 2.40. The molecule has 0 saturated carbocycles. The van der Waals surface area contributed by atoms with E-state index in [1.165, 1.54) is 0 Å². The standard InChI is InChI=1S/C15H9BrClNO/c16-14-6-5-11(9-1-3-10(19)4-2-9)12-7-15(17)18-8-13(12)14/h1-8,19H. The Hall–Kier alpha value is -1.58. The molecule has 0 spiro atoms. The number of benzene rings is 2. The van der Waals surface area contributed by atoms with Gasteiger partial charge in [-0.2, -0.15) is 0 Å². The molecular weight excluding hydrogens is 326 g/mol. The summed E-state index contributed by atoms with van der Waals surface area (Å²) in [5, 5.41) is 11.9. The van der Waals surface area contributed by atoms with Crippen molar-refractivity contribution in [2.24, 2.45) is 0 Å². The summed E-state index contributed by atoms with van der Waals surface area (Å²) in [6.07, 6.45) is 1.76. The largest absolute Gasteiger partial charge is 0.508 e. The Morgan fingerprint density at radius 1 is 1.00 bits per heavy atom. The summed E-state index contributed by atoms with van der Waals surface area (Å²) in [7, 11) is 0. The Bertz CT molecular complexity index is 756. The number of phenolic OH excluding ortho intramolecular Hbond substituents is 1. The molecule has 2 aromatic carbocycles. The lowest BCUT2D eigenvalue weighted by Gasteiger charge is -2.09. The lowest BCUT2D eigenvalue weighted by atomic mass is 9.99. The molecule has 0 saturated heterocycles. The van der Waals surface area contributed by atoms with Gasteiger partial charge in [-0.25, -0.2) is 4.98 Å². The summed E-state index contributed by atoms with van der Waals surface area (Å²) in [6, 6.07) is 13.0. The van der Waals surface area contributed by atoms with Crippen molar-refractivity contribution in [3.63, 3.8) is 0 Å². The maximum Gasteiger partial charge on any atom is 0.129 e. The highest BCUT2D eigenvalue weighted by Crippen LogP contribution is 2.34. The van der Waals surface area contributed by atoms with Gasteiger partial charge in [0.2, 0.25) is 0 Å². The number of aromatic hydroxyl groups is 1. The molecule has 1 aromatic heterocycles. The molecule has 2 nitrogen and oxygen atoms in total. The van der Waals surface area contributed by atoms with Gasteiger partial charge in [0.05, 0.1) is 0 Å². The number of pyridine rings is 1. The van der Waals surface area contributed by atoms with Gasteiger partial charge in [-0.3, -0.25) is 0 Å². The van der Waals surface area contributed by atoms with Gasteiger partial charge in [0, 0.05) is 16.1 Å². The van der Waals surface area contributed by atoms with E-state index in [0.29, 0.717) is 5.15 Å². The number of rotatable bonds is 1. The van der Waals surface area contributed by atoms with E-state index >= 15 is 0 Å². The highest BCUT2D eigenvalue weighted by Gasteiger charge is 2.08. The second-order valence-corrected chi connectivity index (χ2v) is 5.44. The van der Waals surface area contributed by atoms with Crippen LogP contribution < -0.4 is 0 Å². The van der Waals surface area contributed by atoms with E-state index in [4.69, 9.17) is 11.6 Å². The molecule has 0 unspecified atom stereocenters. The molecule has 0 aliphatic heterocycles. The fourth-order valence-electron chi connectivity index (χ4n) is 2.07. The van der Waals surface area contributed by atoms with Crippen LogP contribution >= 0.6 is 27.5 Å². The van der Waals surface area contributed by atoms with E-state index in [-0.39, 0.29) is 5.75 Å². The van der Waals surface area contributed by atoms with Crippen LogP contribution in [0.2, 0.25) is 5.15 Å². The van der Waals surface area contributed by atoms with Crippen LogP contribution in [0.25, 0.3) is 21.9 Å². The highest BCUT2D eigenvalue weighted by atomic mass is 79.9. The Morgan fingerprint density at radius 2 is 1.74 bits per heavy atom. The minimum Gasteiger partial charge on any atom is -0.508 e. The number of nitrogens with zero attached hydrogens (tertiary/aromatic N) is 1. The van der Waals surface area contributed by atoms with Crippen LogP contribution in [0.15, 0.2) is 53.1 Å². The molecule has 0 fully saturated rings. The molecule has 0 aliphatic rings. The molecule has 1 heterocycles. The molecule has 3 aromatic rings. The van der Waals surface area contributed by atoms with E-state index in [9.17, 15) is 5.11 Å². The van der Waals surface area contributed by atoms with Crippen molar-refractivity contribution >= 4 is 38.3 Å². The average molecular weight is 335 g/mol. The van der Waals surface area contributed by atoms with Crippen molar-refractivity contribution in [1.29, 1.82) is 0 Å². The zero-order valence-electron chi connectivity index (χ0n) is 9.77. The molecule has 0 radical (unpaired) electrons. The third-order valence-electron chi connectivity index (χ3n) is 2.99. The predicted octanol–water partition coefficient (Wildman–Crippen LogP) is 5.02. The van der Waals surface area contributed by atoms with Crippen LogP contribution in [0, 0.1) is 0 Å². The van der Waals surface area contributed by atoms with Gasteiger partial charge in [-0.05, 0) is 40.8 Å². The van der Waals surface area contributed by atoms with Crippen LogP contribution in [0.4, 0.5) is 0 Å². The Labute approximate surface area is 123 Å². The third-order valence-corrected chi connectivity index (χ3v) is 3.89. The molecular formula is C15H9BrClNO. The van der Waals surface area contributed by atoms with Gasteiger partial charge >= 0.3 is 0 Å². The predicted molar refractivity (Wildman–Crippen MR) is 81.6 cm³/mol. The molecule has 0 aliphatic carbocycles. The van der Waals surface area contributed by atoms with Gasteiger partial charge in [0.1, 0.15) is 10.9 Å². The number of hydrogen-bond donors (Lipinski definition) is 1. The van der Waals surface area contributed by atoms with E-state index in [1.54, 1.807) is 18.3 Å². The summed E-state index contributed by atoms with van der Waals surface area (Å²) < 4.78 is 0.981. The van der Waals surface area contributed by atoms with Crippen molar-refractivity contribution in [2.45, 2.75) is 0 Å². The number of aromatic nitrogens is 1. The molecule has 0 atom stereocenters. The van der Waals surface area contributed by atoms with Crippen molar-refractivity contribution in [3.8, 4) is 16.9 Å². The maximum absolute atomic E-state index is 9.37. The molecule has 0 bridgehead atoms. The first-order valence-electron chi connectivity index (χ1n) is 5.68. The lowest BCUT2D eigenvalue weighted by molar-refractivity contribution is 0.475. The quantitative estimate of drug-likeness (QED) is 0.634. The van der Waals surface area contributed by atoms with E-state index in [1.807, 2.05) is 30.3 Å². The molecule has 0 amide bonds. The maximum atomic E-state index is 9.37. The number of fused-ring (bicyclic) bond motifs is 1. The Kier molecular flexibility index (Phi) is 3.17. The second kappa shape index (κ2) is 4.83. The zero-order valence-corrected chi connectivity index (χ0v) is 12.1. The van der Waals surface area contributed by atoms with Gasteiger partial charge in [0.25, 0.3) is 0 Å². The van der Waals surface area contributed by atoms with Crippen LogP contribution in [0.3, 0.4) is 0 Å². The minimum atomic E-state index is 0.255. The molecule has 4 heteroatoms. The molecule has 19 heavy (non-hydrogen) atoms. The van der Waals surface area contributed by atoms with E-state index < -0.39 is 0 Å². The van der Waals surface area contributed by atoms with Crippen molar-refractivity contribution in [2.75, 3.05) is 0 Å². The van der Waals surface area contributed by atoms with Crippen LogP contribution in [-0.2, 0) is 0 Å². The topological polar surface area (TPSA) is 33.1 Å². The molecule has 1 N–H and O–H groups in total. The fraction of sp³-hybridized carbons (Fsp3) is 0. The zero-order chi connectivity index (χ0) is 13.4. The van der Waals surface area contributed by atoms with Crippen LogP contribution in [-0.4, -0.2) is 10.1 Å². The second-order valence-electron chi connectivity index (χ2n) is 4.19. The minimum absolute atomic E-state index is 0.255. The van der Waals surface area contributed by atoms with Crippen molar-refractivity contribution < 1.29 is 5.11 Å². The first kappa shape index (κ1) is 12.5. The summed E-state index contributed by atoms with van der Waals surface area (Å²) in [6.45, 7) is 0.